The van der Waals surface area contributed by atoms with E-state index in [1.165, 1.54) is 24.1 Å². The van der Waals surface area contributed by atoms with Crippen molar-refractivity contribution in [3.63, 3.8) is 0 Å². The standard InChI is InChI=1S/C23H26N8/c1-16-9-17(18-10-26-27-11-18)14-30(13-16)22-5-6-24-23(28-22)20-12-25-21-4-3-19(15-31(20)21)29-7-2-8-29/h3-6,10-12,15-17H,2,7-9,13-14H2,1H3,(H,26,27)/t16-,17-/m0/s1. The summed E-state index contributed by atoms with van der Waals surface area (Å²) in [6, 6.07) is 6.24. The summed E-state index contributed by atoms with van der Waals surface area (Å²) in [5.74, 6) is 2.72. The van der Waals surface area contributed by atoms with Gasteiger partial charge in [0.15, 0.2) is 5.82 Å². The van der Waals surface area contributed by atoms with Crippen LogP contribution in [-0.2, 0) is 0 Å². The second-order valence-electron chi connectivity index (χ2n) is 8.81. The van der Waals surface area contributed by atoms with Gasteiger partial charge in [0.25, 0.3) is 0 Å². The lowest BCUT2D eigenvalue weighted by molar-refractivity contribution is 0.400. The zero-order valence-electron chi connectivity index (χ0n) is 17.6. The van der Waals surface area contributed by atoms with E-state index in [9.17, 15) is 0 Å². The topological polar surface area (TPSA) is 78.2 Å². The molecule has 2 aliphatic heterocycles. The van der Waals surface area contributed by atoms with Crippen LogP contribution >= 0.6 is 0 Å². The minimum atomic E-state index is 0.454. The summed E-state index contributed by atoms with van der Waals surface area (Å²) in [5, 5.41) is 7.10. The van der Waals surface area contributed by atoms with Gasteiger partial charge in [0, 0.05) is 50.7 Å². The number of aromatic nitrogens is 6. The quantitative estimate of drug-likeness (QED) is 0.552. The molecule has 2 saturated heterocycles. The van der Waals surface area contributed by atoms with E-state index in [-0.39, 0.29) is 0 Å². The van der Waals surface area contributed by atoms with E-state index in [1.54, 1.807) is 0 Å². The predicted molar refractivity (Wildman–Crippen MR) is 120 cm³/mol. The molecule has 0 aromatic carbocycles. The van der Waals surface area contributed by atoms with E-state index < -0.39 is 0 Å². The number of pyridine rings is 1. The summed E-state index contributed by atoms with van der Waals surface area (Å²) in [4.78, 5) is 18.9. The molecule has 6 heterocycles. The molecule has 6 rings (SSSR count). The Kier molecular flexibility index (Phi) is 4.36. The summed E-state index contributed by atoms with van der Waals surface area (Å²) in [5.41, 5.74) is 4.34. The minimum Gasteiger partial charge on any atom is -0.370 e. The Balaban J connectivity index is 1.33. The lowest BCUT2D eigenvalue weighted by Gasteiger charge is -2.37. The number of aromatic amines is 1. The first-order chi connectivity index (χ1) is 15.2. The van der Waals surface area contributed by atoms with Gasteiger partial charge in [0.1, 0.15) is 17.2 Å². The number of nitrogens with one attached hydrogen (secondary N) is 1. The van der Waals surface area contributed by atoms with E-state index in [1.807, 2.05) is 30.9 Å². The van der Waals surface area contributed by atoms with Crippen molar-refractivity contribution in [2.75, 3.05) is 36.0 Å². The van der Waals surface area contributed by atoms with Crippen molar-refractivity contribution in [2.45, 2.75) is 25.7 Å². The van der Waals surface area contributed by atoms with Gasteiger partial charge in [-0.1, -0.05) is 6.92 Å². The van der Waals surface area contributed by atoms with E-state index in [4.69, 9.17) is 4.98 Å². The fourth-order valence-electron chi connectivity index (χ4n) is 4.81. The molecule has 2 atom stereocenters. The molecule has 2 fully saturated rings. The Morgan fingerprint density at radius 2 is 1.97 bits per heavy atom. The number of anilines is 2. The molecule has 8 nitrogen and oxygen atoms in total. The summed E-state index contributed by atoms with van der Waals surface area (Å²) < 4.78 is 2.11. The molecule has 0 amide bonds. The molecule has 0 radical (unpaired) electrons. The predicted octanol–water partition coefficient (Wildman–Crippen LogP) is 3.35. The molecule has 4 aromatic heterocycles. The van der Waals surface area contributed by atoms with Crippen molar-refractivity contribution in [1.29, 1.82) is 0 Å². The van der Waals surface area contributed by atoms with E-state index in [0.29, 0.717) is 17.7 Å². The molecule has 0 aliphatic carbocycles. The number of fused-ring (bicyclic) bond motifs is 1. The van der Waals surface area contributed by atoms with Gasteiger partial charge in [-0.05, 0) is 42.5 Å². The number of hydrogen-bond donors (Lipinski definition) is 1. The van der Waals surface area contributed by atoms with Gasteiger partial charge in [-0.15, -0.1) is 0 Å². The van der Waals surface area contributed by atoms with Crippen LogP contribution in [0.25, 0.3) is 17.2 Å². The van der Waals surface area contributed by atoms with Crippen LogP contribution < -0.4 is 9.80 Å². The fraction of sp³-hybridized carbons (Fsp3) is 0.391. The van der Waals surface area contributed by atoms with Crippen molar-refractivity contribution < 1.29 is 0 Å². The molecule has 158 valence electrons. The summed E-state index contributed by atoms with van der Waals surface area (Å²) in [7, 11) is 0. The second-order valence-corrected chi connectivity index (χ2v) is 8.81. The SMILES string of the molecule is C[C@H]1C[C@H](c2cn[nH]c2)CN(c2ccnc(-c3cnc4ccc(N5CCC5)cn34)n2)C1. The average Bonchev–Trinajstić information content (AvgIpc) is 3.42. The lowest BCUT2D eigenvalue weighted by Crippen LogP contribution is -2.39. The second kappa shape index (κ2) is 7.37. The number of piperidine rings is 1. The first-order valence-electron chi connectivity index (χ1n) is 11.0. The smallest absolute Gasteiger partial charge is 0.180 e. The Morgan fingerprint density at radius 3 is 2.77 bits per heavy atom. The van der Waals surface area contributed by atoms with Gasteiger partial charge in [0.2, 0.25) is 0 Å². The fourth-order valence-corrected chi connectivity index (χ4v) is 4.81. The van der Waals surface area contributed by atoms with Crippen LogP contribution in [0.4, 0.5) is 11.5 Å². The van der Waals surface area contributed by atoms with Crippen molar-refractivity contribution >= 4 is 17.2 Å². The van der Waals surface area contributed by atoms with Gasteiger partial charge in [-0.25, -0.2) is 15.0 Å². The molecule has 0 spiro atoms. The van der Waals surface area contributed by atoms with E-state index in [0.717, 1.165) is 43.3 Å². The molecule has 31 heavy (non-hydrogen) atoms. The van der Waals surface area contributed by atoms with Crippen molar-refractivity contribution in [1.82, 2.24) is 29.5 Å². The molecule has 0 saturated carbocycles. The van der Waals surface area contributed by atoms with Gasteiger partial charge >= 0.3 is 0 Å². The normalized spacial score (nSPS) is 21.5. The van der Waals surface area contributed by atoms with Gasteiger partial charge < -0.3 is 9.80 Å². The summed E-state index contributed by atoms with van der Waals surface area (Å²) in [6.07, 6.45) is 12.3. The van der Waals surface area contributed by atoms with Crippen LogP contribution in [-0.4, -0.2) is 55.7 Å². The third kappa shape index (κ3) is 3.32. The molecule has 1 N–H and O–H groups in total. The van der Waals surface area contributed by atoms with Crippen LogP contribution in [0.15, 0.2) is 49.2 Å². The maximum absolute atomic E-state index is 4.96. The first-order valence-corrected chi connectivity index (χ1v) is 11.0. The molecular weight excluding hydrogens is 388 g/mol. The highest BCUT2D eigenvalue weighted by molar-refractivity contribution is 5.62. The van der Waals surface area contributed by atoms with E-state index in [2.05, 4.69) is 59.6 Å². The van der Waals surface area contributed by atoms with Crippen molar-refractivity contribution in [2.24, 2.45) is 5.92 Å². The maximum atomic E-state index is 4.96. The Hall–Kier alpha value is -3.42. The molecule has 8 heteroatoms. The number of H-pyrrole nitrogens is 1. The molecule has 2 aliphatic rings. The minimum absolute atomic E-state index is 0.454. The van der Waals surface area contributed by atoms with Crippen LogP contribution in [0.3, 0.4) is 0 Å². The van der Waals surface area contributed by atoms with Gasteiger partial charge in [-0.3, -0.25) is 9.50 Å². The summed E-state index contributed by atoms with van der Waals surface area (Å²) >= 11 is 0. The van der Waals surface area contributed by atoms with Crippen LogP contribution in [0.2, 0.25) is 0 Å². The molecular formula is C23H26N8. The summed E-state index contributed by atoms with van der Waals surface area (Å²) in [6.45, 7) is 6.48. The number of imidazole rings is 1. The third-order valence-electron chi connectivity index (χ3n) is 6.56. The monoisotopic (exact) mass is 414 g/mol. The molecule has 0 unspecified atom stereocenters. The molecule has 4 aromatic rings. The Morgan fingerprint density at radius 1 is 1.03 bits per heavy atom. The largest absolute Gasteiger partial charge is 0.370 e. The lowest BCUT2D eigenvalue weighted by atomic mass is 9.87. The highest BCUT2D eigenvalue weighted by atomic mass is 15.2. The Bertz CT molecular complexity index is 1190. The number of hydrogen-bond acceptors (Lipinski definition) is 6. The van der Waals surface area contributed by atoms with Crippen LogP contribution in [0, 0.1) is 5.92 Å². The van der Waals surface area contributed by atoms with E-state index >= 15 is 0 Å². The number of rotatable bonds is 4. The van der Waals surface area contributed by atoms with Crippen molar-refractivity contribution in [3.05, 3.63) is 54.7 Å². The van der Waals surface area contributed by atoms with Crippen molar-refractivity contribution in [3.8, 4) is 11.5 Å². The highest BCUT2D eigenvalue weighted by Crippen LogP contribution is 2.32. The molecule has 0 bridgehead atoms. The van der Waals surface area contributed by atoms with Crippen LogP contribution in [0.1, 0.15) is 31.2 Å². The number of nitrogens with zero attached hydrogens (tertiary/aromatic N) is 7. The van der Waals surface area contributed by atoms with Gasteiger partial charge in [0.05, 0.1) is 18.1 Å². The zero-order chi connectivity index (χ0) is 20.8. The maximum Gasteiger partial charge on any atom is 0.180 e. The zero-order valence-corrected chi connectivity index (χ0v) is 17.6. The van der Waals surface area contributed by atoms with Crippen LogP contribution in [0.5, 0.6) is 0 Å². The first kappa shape index (κ1) is 18.4. The third-order valence-corrected chi connectivity index (χ3v) is 6.56. The average molecular weight is 415 g/mol. The Labute approximate surface area is 181 Å². The van der Waals surface area contributed by atoms with Gasteiger partial charge in [-0.2, -0.15) is 5.10 Å². The highest BCUT2D eigenvalue weighted by Gasteiger charge is 2.27.